The molecule has 0 radical (unpaired) electrons. The third-order valence-corrected chi connectivity index (χ3v) is 3.33. The fourth-order valence-electron chi connectivity index (χ4n) is 2.16. The van der Waals surface area contributed by atoms with Crippen LogP contribution in [0.4, 0.5) is 10.6 Å². The number of nitrogens with zero attached hydrogens (tertiary/aromatic N) is 1. The van der Waals surface area contributed by atoms with E-state index in [9.17, 15) is 9.59 Å². The molecular weight excluding hydrogens is 294 g/mol. The zero-order chi connectivity index (χ0) is 16.8. The number of rotatable bonds is 4. The molecule has 1 heterocycles. The van der Waals surface area contributed by atoms with E-state index >= 15 is 0 Å². The van der Waals surface area contributed by atoms with Crippen LogP contribution in [0.5, 0.6) is 0 Å². The number of amides is 2. The zero-order valence-corrected chi connectivity index (χ0v) is 13.3. The summed E-state index contributed by atoms with van der Waals surface area (Å²) in [5, 5.41) is 7.18. The first-order valence-electron chi connectivity index (χ1n) is 7.25. The first kappa shape index (κ1) is 16.5. The van der Waals surface area contributed by atoms with E-state index in [0.717, 1.165) is 21.9 Å². The number of urea groups is 1. The van der Waals surface area contributed by atoms with Crippen LogP contribution in [0.25, 0.3) is 16.8 Å². The van der Waals surface area contributed by atoms with Gasteiger partial charge in [0.05, 0.1) is 7.11 Å². The maximum Gasteiger partial charge on any atom is 0.330 e. The van der Waals surface area contributed by atoms with Crippen LogP contribution in [-0.4, -0.2) is 30.6 Å². The Balaban J connectivity index is 2.43. The predicted molar refractivity (Wildman–Crippen MR) is 90.2 cm³/mol. The second kappa shape index (κ2) is 7.40. The summed E-state index contributed by atoms with van der Waals surface area (Å²) in [6.45, 7) is 4.35. The monoisotopic (exact) mass is 313 g/mol. The predicted octanol–water partition coefficient (Wildman–Crippen LogP) is 2.87. The lowest BCUT2D eigenvalue weighted by Crippen LogP contribution is -2.28. The molecule has 2 N–H and O–H groups in total. The number of pyridine rings is 1. The molecule has 0 atom stereocenters. The van der Waals surface area contributed by atoms with Crippen molar-refractivity contribution in [2.75, 3.05) is 19.0 Å². The lowest BCUT2D eigenvalue weighted by Gasteiger charge is -2.09. The van der Waals surface area contributed by atoms with Gasteiger partial charge < -0.3 is 10.1 Å². The summed E-state index contributed by atoms with van der Waals surface area (Å²) in [5.41, 5.74) is 1.91. The molecule has 0 saturated carbocycles. The van der Waals surface area contributed by atoms with Gasteiger partial charge >= 0.3 is 12.0 Å². The minimum absolute atomic E-state index is 0.307. The molecule has 6 heteroatoms. The summed E-state index contributed by atoms with van der Waals surface area (Å²) in [7, 11) is 1.33. The van der Waals surface area contributed by atoms with E-state index in [0.29, 0.717) is 12.4 Å². The van der Waals surface area contributed by atoms with Gasteiger partial charge in [-0.1, -0.05) is 12.1 Å². The van der Waals surface area contributed by atoms with Crippen LogP contribution in [0.3, 0.4) is 0 Å². The number of hydrogen-bond acceptors (Lipinski definition) is 4. The maximum atomic E-state index is 11.6. The Kier molecular flexibility index (Phi) is 5.30. The molecule has 0 aliphatic heterocycles. The van der Waals surface area contributed by atoms with Crippen molar-refractivity contribution in [2.45, 2.75) is 13.8 Å². The molecule has 1 aromatic carbocycles. The molecule has 0 fully saturated rings. The number of aryl methyl sites for hydroxylation is 1. The van der Waals surface area contributed by atoms with Crippen molar-refractivity contribution in [3.63, 3.8) is 0 Å². The van der Waals surface area contributed by atoms with Gasteiger partial charge in [-0.15, -0.1) is 0 Å². The van der Waals surface area contributed by atoms with Gasteiger partial charge in [0.2, 0.25) is 0 Å². The number of hydrogen-bond donors (Lipinski definition) is 2. The van der Waals surface area contributed by atoms with Gasteiger partial charge in [0.25, 0.3) is 0 Å². The third-order valence-electron chi connectivity index (χ3n) is 3.33. The molecule has 0 saturated heterocycles. The highest BCUT2D eigenvalue weighted by molar-refractivity contribution is 5.98. The lowest BCUT2D eigenvalue weighted by atomic mass is 10.0. The second-order valence-corrected chi connectivity index (χ2v) is 4.93. The highest BCUT2D eigenvalue weighted by Gasteiger charge is 2.07. The number of benzene rings is 1. The smallest absolute Gasteiger partial charge is 0.330 e. The molecule has 0 bridgehead atoms. The number of fused-ring (bicyclic) bond motifs is 1. The summed E-state index contributed by atoms with van der Waals surface area (Å²) in [6.07, 6.45) is 4.76. The molecule has 0 aliphatic rings. The van der Waals surface area contributed by atoms with Gasteiger partial charge in [0.1, 0.15) is 5.82 Å². The number of aromatic nitrogens is 1. The Morgan fingerprint density at radius 1 is 1.30 bits per heavy atom. The summed E-state index contributed by atoms with van der Waals surface area (Å²) in [6, 6.07) is 5.35. The van der Waals surface area contributed by atoms with E-state index in [1.54, 1.807) is 18.3 Å². The fraction of sp³-hybridized carbons (Fsp3) is 0.235. The second-order valence-electron chi connectivity index (χ2n) is 4.93. The topological polar surface area (TPSA) is 80.3 Å². The molecule has 6 nitrogen and oxygen atoms in total. The van der Waals surface area contributed by atoms with Crippen molar-refractivity contribution in [1.29, 1.82) is 0 Å². The fourth-order valence-corrected chi connectivity index (χ4v) is 2.16. The number of carbonyl (C=O) groups excluding carboxylic acids is 2. The van der Waals surface area contributed by atoms with E-state index in [2.05, 4.69) is 20.4 Å². The molecular formula is C17H19N3O3. The maximum absolute atomic E-state index is 11.6. The van der Waals surface area contributed by atoms with Gasteiger partial charge in [-0.2, -0.15) is 0 Å². The molecule has 0 aliphatic carbocycles. The van der Waals surface area contributed by atoms with Gasteiger partial charge in [0.15, 0.2) is 0 Å². The number of esters is 1. The van der Waals surface area contributed by atoms with Crippen LogP contribution in [0.15, 0.2) is 30.5 Å². The van der Waals surface area contributed by atoms with Crippen molar-refractivity contribution in [3.05, 3.63) is 41.6 Å². The Hall–Kier alpha value is -2.89. The zero-order valence-electron chi connectivity index (χ0n) is 13.3. The normalized spacial score (nSPS) is 10.7. The number of nitrogens with one attached hydrogen (secondary N) is 2. The van der Waals surface area contributed by atoms with Crippen molar-refractivity contribution < 1.29 is 14.3 Å². The molecule has 1 aromatic heterocycles. The molecule has 2 amide bonds. The van der Waals surface area contributed by atoms with E-state index < -0.39 is 5.97 Å². The summed E-state index contributed by atoms with van der Waals surface area (Å²) >= 11 is 0. The molecule has 2 aromatic rings. The standard InChI is InChI=1S/C17H19N3O3/c1-4-18-17(22)20-15-9-13-12(7-8-16(21)23-3)6-5-11(2)14(13)10-19-15/h5-10H,4H2,1-3H3,(H2,18,19,20,22)/b8-7+. The Morgan fingerprint density at radius 3 is 2.78 bits per heavy atom. The molecule has 23 heavy (non-hydrogen) atoms. The highest BCUT2D eigenvalue weighted by Crippen LogP contribution is 2.25. The SMILES string of the molecule is CCNC(=O)Nc1cc2c(/C=C/C(=O)OC)ccc(C)c2cn1. The van der Waals surface area contributed by atoms with Crippen molar-refractivity contribution in [1.82, 2.24) is 10.3 Å². The van der Waals surface area contributed by atoms with Crippen molar-refractivity contribution in [2.24, 2.45) is 0 Å². The molecule has 0 spiro atoms. The molecule has 2 rings (SSSR count). The van der Waals surface area contributed by atoms with Gasteiger partial charge in [-0.3, -0.25) is 5.32 Å². The van der Waals surface area contributed by atoms with E-state index in [1.165, 1.54) is 13.2 Å². The van der Waals surface area contributed by atoms with E-state index in [1.807, 2.05) is 26.0 Å². The minimum Gasteiger partial charge on any atom is -0.466 e. The quantitative estimate of drug-likeness (QED) is 0.672. The summed E-state index contributed by atoms with van der Waals surface area (Å²) < 4.78 is 4.61. The Labute approximate surface area is 134 Å². The lowest BCUT2D eigenvalue weighted by molar-refractivity contribution is -0.134. The number of ether oxygens (including phenoxy) is 1. The van der Waals surface area contributed by atoms with Gasteiger partial charge in [-0.25, -0.2) is 14.6 Å². The first-order chi connectivity index (χ1) is 11.0. The molecule has 120 valence electrons. The largest absolute Gasteiger partial charge is 0.466 e. The summed E-state index contributed by atoms with van der Waals surface area (Å²) in [5.74, 6) is 0.0234. The van der Waals surface area contributed by atoms with Crippen molar-refractivity contribution >= 4 is 34.7 Å². The number of anilines is 1. The van der Waals surface area contributed by atoms with E-state index in [4.69, 9.17) is 0 Å². The average molecular weight is 313 g/mol. The Morgan fingerprint density at radius 2 is 2.09 bits per heavy atom. The number of methoxy groups -OCH3 is 1. The third kappa shape index (κ3) is 4.06. The number of carbonyl (C=O) groups is 2. The van der Waals surface area contributed by atoms with Gasteiger partial charge in [-0.05, 0) is 42.5 Å². The summed E-state index contributed by atoms with van der Waals surface area (Å²) in [4.78, 5) is 27.2. The van der Waals surface area contributed by atoms with Gasteiger partial charge in [0, 0.05) is 24.2 Å². The van der Waals surface area contributed by atoms with Crippen LogP contribution in [0.2, 0.25) is 0 Å². The molecule has 0 unspecified atom stereocenters. The van der Waals surface area contributed by atoms with Crippen LogP contribution >= 0.6 is 0 Å². The highest BCUT2D eigenvalue weighted by atomic mass is 16.5. The van der Waals surface area contributed by atoms with Crippen LogP contribution in [0.1, 0.15) is 18.1 Å². The van der Waals surface area contributed by atoms with E-state index in [-0.39, 0.29) is 6.03 Å². The van der Waals surface area contributed by atoms with Crippen molar-refractivity contribution in [3.8, 4) is 0 Å². The average Bonchev–Trinajstić information content (AvgIpc) is 2.54. The van der Waals surface area contributed by atoms with Crippen LogP contribution < -0.4 is 10.6 Å². The van der Waals surface area contributed by atoms with Crippen LogP contribution in [-0.2, 0) is 9.53 Å². The minimum atomic E-state index is -0.423. The first-order valence-corrected chi connectivity index (χ1v) is 7.25. The van der Waals surface area contributed by atoms with Crippen LogP contribution in [0, 0.1) is 6.92 Å². The Bertz CT molecular complexity index is 769.